The molecule has 0 N–H and O–H groups in total. The van der Waals surface area contributed by atoms with E-state index < -0.39 is 0 Å². The molecule has 0 unspecified atom stereocenters. The number of amides is 1. The Morgan fingerprint density at radius 2 is 1.71 bits per heavy atom. The molecule has 4 heteroatoms. The van der Waals surface area contributed by atoms with Crippen LogP contribution in [-0.4, -0.2) is 59.4 Å². The fraction of sp³-hybridized carbons (Fsp3) is 0.650. The van der Waals surface area contributed by atoms with Crippen molar-refractivity contribution in [2.45, 2.75) is 44.6 Å². The summed E-state index contributed by atoms with van der Waals surface area (Å²) in [4.78, 5) is 17.5. The molecule has 2 fully saturated rings. The van der Waals surface area contributed by atoms with Crippen LogP contribution in [0.4, 0.5) is 0 Å². The van der Waals surface area contributed by atoms with E-state index in [1.165, 1.54) is 29.9 Å². The molecule has 0 radical (unpaired) electrons. The predicted octanol–water partition coefficient (Wildman–Crippen LogP) is 3.39. The number of hydrogen-bond donors (Lipinski definition) is 0. The van der Waals surface area contributed by atoms with Gasteiger partial charge in [-0.05, 0) is 35.3 Å². The fourth-order valence-electron chi connectivity index (χ4n) is 3.87. The average Bonchev–Trinajstić information content (AvgIpc) is 2.63. The third-order valence-electron chi connectivity index (χ3n) is 5.52. The molecule has 2 aliphatic heterocycles. The summed E-state index contributed by atoms with van der Waals surface area (Å²) in [5.74, 6) is 2.91. The van der Waals surface area contributed by atoms with Crippen LogP contribution >= 0.6 is 11.8 Å². The highest BCUT2D eigenvalue weighted by Crippen LogP contribution is 2.28. The van der Waals surface area contributed by atoms with Crippen LogP contribution in [0.15, 0.2) is 30.3 Å². The number of hydrogen-bond acceptors (Lipinski definition) is 3. The molecule has 0 spiro atoms. The average molecular weight is 347 g/mol. The summed E-state index contributed by atoms with van der Waals surface area (Å²) in [7, 11) is 0. The lowest BCUT2D eigenvalue weighted by atomic mass is 9.81. The monoisotopic (exact) mass is 346 g/mol. The maximum atomic E-state index is 12.8. The van der Waals surface area contributed by atoms with Crippen LogP contribution in [0.1, 0.15) is 38.7 Å². The van der Waals surface area contributed by atoms with Crippen LogP contribution in [0, 0.1) is 0 Å². The van der Waals surface area contributed by atoms with Crippen molar-refractivity contribution >= 4 is 17.7 Å². The molecule has 1 aromatic carbocycles. The van der Waals surface area contributed by atoms with Crippen LogP contribution in [0.5, 0.6) is 0 Å². The summed E-state index contributed by atoms with van der Waals surface area (Å²) >= 11 is 2.08. The Kier molecular flexibility index (Phi) is 5.88. The van der Waals surface area contributed by atoms with Gasteiger partial charge in [0, 0.05) is 38.6 Å². The van der Waals surface area contributed by atoms with Gasteiger partial charge in [-0.2, -0.15) is 11.8 Å². The first-order chi connectivity index (χ1) is 11.6. The molecule has 2 aliphatic rings. The van der Waals surface area contributed by atoms with E-state index in [1.807, 2.05) is 6.07 Å². The van der Waals surface area contributed by atoms with E-state index in [-0.39, 0.29) is 5.41 Å². The Bertz CT molecular complexity index is 532. The van der Waals surface area contributed by atoms with Crippen LogP contribution in [0.25, 0.3) is 0 Å². The molecular weight excluding hydrogens is 316 g/mol. The van der Waals surface area contributed by atoms with Crippen molar-refractivity contribution in [3.05, 3.63) is 35.9 Å². The number of thioether (sulfide) groups is 1. The number of rotatable bonds is 4. The van der Waals surface area contributed by atoms with Gasteiger partial charge in [0.1, 0.15) is 0 Å². The van der Waals surface area contributed by atoms with E-state index in [9.17, 15) is 4.79 Å². The van der Waals surface area contributed by atoms with Crippen molar-refractivity contribution in [2.24, 2.45) is 0 Å². The van der Waals surface area contributed by atoms with Gasteiger partial charge in [0.05, 0.1) is 0 Å². The maximum Gasteiger partial charge on any atom is 0.223 e. The van der Waals surface area contributed by atoms with Crippen molar-refractivity contribution in [3.8, 4) is 0 Å². The van der Waals surface area contributed by atoms with E-state index in [2.05, 4.69) is 59.7 Å². The van der Waals surface area contributed by atoms with Crippen molar-refractivity contribution in [1.29, 1.82) is 0 Å². The second-order valence-corrected chi connectivity index (χ2v) is 8.91. The molecule has 0 saturated carbocycles. The minimum absolute atomic E-state index is 0.101. The fourth-order valence-corrected chi connectivity index (χ4v) is 4.95. The van der Waals surface area contributed by atoms with Crippen molar-refractivity contribution < 1.29 is 4.79 Å². The summed E-state index contributed by atoms with van der Waals surface area (Å²) < 4.78 is 0. The molecule has 1 aromatic rings. The number of carbonyl (C=O) groups excluding carboxylic acids is 1. The number of nitrogens with zero attached hydrogens (tertiary/aromatic N) is 2. The molecular formula is C20H30N2OS. The lowest BCUT2D eigenvalue weighted by Gasteiger charge is -2.41. The van der Waals surface area contributed by atoms with Gasteiger partial charge in [0.2, 0.25) is 5.91 Å². The molecule has 0 bridgehead atoms. The molecule has 0 aromatic heterocycles. The third-order valence-corrected chi connectivity index (χ3v) is 6.57. The molecule has 24 heavy (non-hydrogen) atoms. The molecule has 2 saturated heterocycles. The van der Waals surface area contributed by atoms with E-state index in [0.717, 1.165) is 32.2 Å². The van der Waals surface area contributed by atoms with Crippen LogP contribution in [0.3, 0.4) is 0 Å². The van der Waals surface area contributed by atoms with Crippen LogP contribution in [-0.2, 0) is 10.2 Å². The lowest BCUT2D eigenvalue weighted by Crippen LogP contribution is -2.53. The Labute approximate surface area is 150 Å². The molecule has 0 atom stereocenters. The third kappa shape index (κ3) is 4.34. The maximum absolute atomic E-state index is 12.8. The molecule has 3 nitrogen and oxygen atoms in total. The Balaban J connectivity index is 1.51. The van der Waals surface area contributed by atoms with Crippen molar-refractivity contribution in [2.75, 3.05) is 37.7 Å². The Morgan fingerprint density at radius 3 is 2.33 bits per heavy atom. The predicted molar refractivity (Wildman–Crippen MR) is 103 cm³/mol. The molecule has 132 valence electrons. The molecule has 0 aliphatic carbocycles. The minimum atomic E-state index is -0.101. The highest BCUT2D eigenvalue weighted by Gasteiger charge is 2.30. The molecule has 2 heterocycles. The quantitative estimate of drug-likeness (QED) is 0.835. The van der Waals surface area contributed by atoms with E-state index in [0.29, 0.717) is 12.3 Å². The summed E-state index contributed by atoms with van der Waals surface area (Å²) in [5, 5.41) is 0. The highest BCUT2D eigenvalue weighted by molar-refractivity contribution is 7.99. The zero-order valence-electron chi connectivity index (χ0n) is 15.0. The molecule has 1 amide bonds. The van der Waals surface area contributed by atoms with Gasteiger partial charge in [0.25, 0.3) is 0 Å². The topological polar surface area (TPSA) is 23.6 Å². The second-order valence-electron chi connectivity index (χ2n) is 7.69. The summed E-state index contributed by atoms with van der Waals surface area (Å²) in [6.07, 6.45) is 3.23. The van der Waals surface area contributed by atoms with Crippen LogP contribution in [0.2, 0.25) is 0 Å². The van der Waals surface area contributed by atoms with Crippen molar-refractivity contribution in [3.63, 3.8) is 0 Å². The number of piperazine rings is 1. The van der Waals surface area contributed by atoms with Crippen LogP contribution < -0.4 is 0 Å². The zero-order chi connectivity index (χ0) is 17.0. The van der Waals surface area contributed by atoms with Gasteiger partial charge < -0.3 is 4.90 Å². The van der Waals surface area contributed by atoms with Gasteiger partial charge >= 0.3 is 0 Å². The first kappa shape index (κ1) is 17.8. The van der Waals surface area contributed by atoms with Gasteiger partial charge in [0.15, 0.2) is 0 Å². The van der Waals surface area contributed by atoms with Gasteiger partial charge in [-0.1, -0.05) is 44.2 Å². The lowest BCUT2D eigenvalue weighted by molar-refractivity contribution is -0.134. The van der Waals surface area contributed by atoms with Crippen molar-refractivity contribution in [1.82, 2.24) is 9.80 Å². The summed E-state index contributed by atoms with van der Waals surface area (Å²) in [6.45, 7) is 8.24. The Hall–Kier alpha value is -1.00. The SMILES string of the molecule is CC(C)(CC(=O)N1CCN(C2CCSCC2)CC1)c1ccccc1. The largest absolute Gasteiger partial charge is 0.340 e. The standard InChI is InChI=1S/C20H30N2OS/c1-20(2,17-6-4-3-5-7-17)16-19(23)22-12-10-21(11-13-22)18-8-14-24-15-9-18/h3-7,18H,8-16H2,1-2H3. The summed E-state index contributed by atoms with van der Waals surface area (Å²) in [5.41, 5.74) is 1.15. The second kappa shape index (κ2) is 7.92. The zero-order valence-corrected chi connectivity index (χ0v) is 15.9. The first-order valence-corrected chi connectivity index (χ1v) is 10.4. The number of carbonyl (C=O) groups is 1. The van der Waals surface area contributed by atoms with E-state index >= 15 is 0 Å². The highest BCUT2D eigenvalue weighted by atomic mass is 32.2. The smallest absolute Gasteiger partial charge is 0.223 e. The van der Waals surface area contributed by atoms with Gasteiger partial charge in [-0.25, -0.2) is 0 Å². The normalized spacial score (nSPS) is 21.0. The van der Waals surface area contributed by atoms with Gasteiger partial charge in [-0.3, -0.25) is 9.69 Å². The first-order valence-electron chi connectivity index (χ1n) is 9.21. The number of benzene rings is 1. The Morgan fingerprint density at radius 1 is 1.08 bits per heavy atom. The van der Waals surface area contributed by atoms with E-state index in [1.54, 1.807) is 0 Å². The van der Waals surface area contributed by atoms with E-state index in [4.69, 9.17) is 0 Å². The molecule has 3 rings (SSSR count). The minimum Gasteiger partial charge on any atom is -0.340 e. The summed E-state index contributed by atoms with van der Waals surface area (Å²) in [6, 6.07) is 11.2. The van der Waals surface area contributed by atoms with Gasteiger partial charge in [-0.15, -0.1) is 0 Å².